The van der Waals surface area contributed by atoms with Gasteiger partial charge in [-0.05, 0) is 23.2 Å². The number of carbonyl (C=O) groups is 2. The van der Waals surface area contributed by atoms with Crippen LogP contribution in [-0.2, 0) is 16.0 Å². The largest absolute Gasteiger partial charge is 0.382 e. The van der Waals surface area contributed by atoms with E-state index in [4.69, 9.17) is 9.73 Å². The summed E-state index contributed by atoms with van der Waals surface area (Å²) in [7, 11) is 0. The average Bonchev–Trinajstić information content (AvgIpc) is 3.00. The summed E-state index contributed by atoms with van der Waals surface area (Å²) in [5.41, 5.74) is 0.918. The van der Waals surface area contributed by atoms with Gasteiger partial charge in [-0.15, -0.1) is 0 Å². The molecule has 0 spiro atoms. The first-order chi connectivity index (χ1) is 13.2. The van der Waals surface area contributed by atoms with E-state index in [9.17, 15) is 14.7 Å². The summed E-state index contributed by atoms with van der Waals surface area (Å²) in [6.45, 7) is 15.7. The smallest absolute Gasteiger partial charge is 0.272 e. The molecular weight excluding hydrogens is 376 g/mol. The molecule has 4 N–H and O–H groups in total. The molecule has 166 valence electrons. The highest BCUT2D eigenvalue weighted by atomic mass is 16.5. The highest BCUT2D eigenvalue weighted by Crippen LogP contribution is 2.32. The SMILES string of the molecule is CC(C)C[C@@H](C(=O)N[C@H](c1noc(CC(C)(C)C)n1)C(C)(C)C)[C@H](O)C(=O)NO. The first kappa shape index (κ1) is 25.0. The summed E-state index contributed by atoms with van der Waals surface area (Å²) >= 11 is 0. The minimum absolute atomic E-state index is 0.0333. The predicted octanol–water partition coefficient (Wildman–Crippen LogP) is 2.39. The Kier molecular flexibility index (Phi) is 8.35. The molecule has 9 heteroatoms. The summed E-state index contributed by atoms with van der Waals surface area (Å²) < 4.78 is 5.37. The van der Waals surface area contributed by atoms with Crippen molar-refractivity contribution in [3.05, 3.63) is 11.7 Å². The van der Waals surface area contributed by atoms with Gasteiger partial charge in [0.1, 0.15) is 6.10 Å². The molecule has 0 saturated carbocycles. The molecule has 0 saturated heterocycles. The summed E-state index contributed by atoms with van der Waals surface area (Å²) in [5, 5.41) is 26.0. The Bertz CT molecular complexity index is 688. The van der Waals surface area contributed by atoms with Crippen LogP contribution in [0.25, 0.3) is 0 Å². The lowest BCUT2D eigenvalue weighted by atomic mass is 9.84. The van der Waals surface area contributed by atoms with Crippen LogP contribution in [0, 0.1) is 22.7 Å². The van der Waals surface area contributed by atoms with Crippen molar-refractivity contribution in [3.8, 4) is 0 Å². The summed E-state index contributed by atoms with van der Waals surface area (Å²) in [5.74, 6) is -1.71. The van der Waals surface area contributed by atoms with Crippen LogP contribution < -0.4 is 10.8 Å². The number of hydrogen-bond donors (Lipinski definition) is 4. The lowest BCUT2D eigenvalue weighted by molar-refractivity contribution is -0.147. The van der Waals surface area contributed by atoms with Gasteiger partial charge in [-0.3, -0.25) is 14.8 Å². The van der Waals surface area contributed by atoms with Gasteiger partial charge in [-0.25, -0.2) is 5.48 Å². The quantitative estimate of drug-likeness (QED) is 0.380. The van der Waals surface area contributed by atoms with E-state index in [2.05, 4.69) is 36.2 Å². The van der Waals surface area contributed by atoms with Crippen LogP contribution in [0.5, 0.6) is 0 Å². The molecule has 0 unspecified atom stereocenters. The Balaban J connectivity index is 3.13. The number of aliphatic hydroxyl groups excluding tert-OH is 1. The second kappa shape index (κ2) is 9.67. The molecule has 0 radical (unpaired) electrons. The van der Waals surface area contributed by atoms with E-state index < -0.39 is 35.3 Å². The van der Waals surface area contributed by atoms with Gasteiger partial charge >= 0.3 is 0 Å². The number of hydroxylamine groups is 1. The Hall–Kier alpha value is -2.00. The van der Waals surface area contributed by atoms with Gasteiger partial charge in [0.2, 0.25) is 11.8 Å². The van der Waals surface area contributed by atoms with E-state index in [-0.39, 0.29) is 17.8 Å². The lowest BCUT2D eigenvalue weighted by Crippen LogP contribution is -2.48. The molecule has 0 aliphatic heterocycles. The monoisotopic (exact) mass is 412 g/mol. The standard InChI is InChI=1S/C20H36N4O5/c1-11(2)9-12(14(25)18(27)23-28)17(26)22-15(20(6,7)8)16-21-13(29-24-16)10-19(3,4)5/h11-12,14-15,25,28H,9-10H2,1-8H3,(H,22,26)(H,23,27)/t12-,14+,15-/m1/s1. The highest BCUT2D eigenvalue weighted by molar-refractivity contribution is 5.88. The minimum Gasteiger partial charge on any atom is -0.382 e. The molecule has 2 amide bonds. The zero-order valence-electron chi connectivity index (χ0n) is 18.7. The number of nitrogens with zero attached hydrogens (tertiary/aromatic N) is 2. The number of aromatic nitrogens is 2. The molecule has 1 rings (SSSR count). The zero-order valence-corrected chi connectivity index (χ0v) is 18.7. The molecule has 0 bridgehead atoms. The van der Waals surface area contributed by atoms with Gasteiger partial charge < -0.3 is 14.9 Å². The van der Waals surface area contributed by atoms with Crippen molar-refractivity contribution >= 4 is 11.8 Å². The molecule has 0 aromatic carbocycles. The third kappa shape index (κ3) is 7.74. The Morgan fingerprint density at radius 2 is 1.69 bits per heavy atom. The van der Waals surface area contributed by atoms with Gasteiger partial charge in [0.05, 0.1) is 12.0 Å². The maximum absolute atomic E-state index is 13.0. The number of carbonyl (C=O) groups excluding carboxylic acids is 2. The number of hydrogen-bond acceptors (Lipinski definition) is 7. The second-order valence-electron chi connectivity index (χ2n) is 10.2. The van der Waals surface area contributed by atoms with E-state index in [1.54, 1.807) is 0 Å². The third-order valence-electron chi connectivity index (χ3n) is 4.40. The van der Waals surface area contributed by atoms with E-state index in [0.29, 0.717) is 18.1 Å². The normalized spacial score (nSPS) is 15.7. The van der Waals surface area contributed by atoms with Crippen LogP contribution in [0.1, 0.15) is 79.6 Å². The third-order valence-corrected chi connectivity index (χ3v) is 4.40. The molecule has 1 heterocycles. The number of nitrogens with one attached hydrogen (secondary N) is 2. The molecule has 0 aliphatic carbocycles. The van der Waals surface area contributed by atoms with Gasteiger partial charge in [0.25, 0.3) is 5.91 Å². The van der Waals surface area contributed by atoms with E-state index in [1.807, 2.05) is 34.6 Å². The van der Waals surface area contributed by atoms with Gasteiger partial charge in [0, 0.05) is 6.42 Å². The van der Waals surface area contributed by atoms with Gasteiger partial charge in [-0.2, -0.15) is 4.98 Å². The van der Waals surface area contributed by atoms with Crippen molar-refractivity contribution in [3.63, 3.8) is 0 Å². The lowest BCUT2D eigenvalue weighted by Gasteiger charge is -2.31. The van der Waals surface area contributed by atoms with Crippen molar-refractivity contribution < 1.29 is 24.4 Å². The Morgan fingerprint density at radius 1 is 1.10 bits per heavy atom. The molecule has 1 aromatic heterocycles. The summed E-state index contributed by atoms with van der Waals surface area (Å²) in [6.07, 6.45) is -0.820. The first-order valence-corrected chi connectivity index (χ1v) is 9.90. The summed E-state index contributed by atoms with van der Waals surface area (Å²) in [6, 6.07) is -0.591. The maximum atomic E-state index is 13.0. The number of amides is 2. The first-order valence-electron chi connectivity index (χ1n) is 9.90. The fourth-order valence-electron chi connectivity index (χ4n) is 2.96. The summed E-state index contributed by atoms with van der Waals surface area (Å²) in [4.78, 5) is 29.1. The van der Waals surface area contributed by atoms with Gasteiger partial charge in [-0.1, -0.05) is 60.5 Å². The Labute approximate surface area is 172 Å². The van der Waals surface area contributed by atoms with E-state index in [1.165, 1.54) is 5.48 Å². The fourth-order valence-corrected chi connectivity index (χ4v) is 2.96. The predicted molar refractivity (Wildman–Crippen MR) is 107 cm³/mol. The molecule has 3 atom stereocenters. The van der Waals surface area contributed by atoms with Crippen molar-refractivity contribution in [2.75, 3.05) is 0 Å². The maximum Gasteiger partial charge on any atom is 0.272 e. The van der Waals surface area contributed by atoms with Crippen molar-refractivity contribution in [1.82, 2.24) is 20.9 Å². The topological polar surface area (TPSA) is 138 Å². The molecule has 9 nitrogen and oxygen atoms in total. The van der Waals surface area contributed by atoms with Crippen molar-refractivity contribution in [2.24, 2.45) is 22.7 Å². The fraction of sp³-hybridized carbons (Fsp3) is 0.800. The molecule has 0 fully saturated rings. The van der Waals surface area contributed by atoms with Crippen LogP contribution >= 0.6 is 0 Å². The second-order valence-corrected chi connectivity index (χ2v) is 10.2. The van der Waals surface area contributed by atoms with Crippen LogP contribution in [0.4, 0.5) is 0 Å². The van der Waals surface area contributed by atoms with E-state index in [0.717, 1.165) is 0 Å². The molecular formula is C20H36N4O5. The van der Waals surface area contributed by atoms with Crippen LogP contribution in [0.3, 0.4) is 0 Å². The molecule has 0 aliphatic rings. The minimum atomic E-state index is -1.68. The van der Waals surface area contributed by atoms with Crippen LogP contribution in [0.2, 0.25) is 0 Å². The van der Waals surface area contributed by atoms with Gasteiger partial charge in [0.15, 0.2) is 5.82 Å². The average molecular weight is 413 g/mol. The highest BCUT2D eigenvalue weighted by Gasteiger charge is 2.38. The van der Waals surface area contributed by atoms with Crippen LogP contribution in [0.15, 0.2) is 4.52 Å². The Morgan fingerprint density at radius 3 is 2.14 bits per heavy atom. The zero-order chi connectivity index (χ0) is 22.6. The van der Waals surface area contributed by atoms with Crippen molar-refractivity contribution in [1.29, 1.82) is 0 Å². The number of aliphatic hydroxyl groups is 1. The van der Waals surface area contributed by atoms with Crippen molar-refractivity contribution in [2.45, 2.75) is 80.4 Å². The number of rotatable bonds is 8. The molecule has 29 heavy (non-hydrogen) atoms. The van der Waals surface area contributed by atoms with E-state index >= 15 is 0 Å². The van der Waals surface area contributed by atoms with Crippen LogP contribution in [-0.4, -0.2) is 38.4 Å². The molecule has 1 aromatic rings.